The molecule has 0 saturated carbocycles. The molecule has 2 aromatic carbocycles. The molecule has 0 aliphatic rings. The Labute approximate surface area is 161 Å². The van der Waals surface area contributed by atoms with Gasteiger partial charge in [0.25, 0.3) is 5.91 Å². The third kappa shape index (κ3) is 3.62. The molecule has 0 atom stereocenters. The van der Waals surface area contributed by atoms with Gasteiger partial charge in [-0.05, 0) is 24.6 Å². The number of aromatic amines is 1. The number of carbonyl (C=O) groups excluding carboxylic acids is 1. The van der Waals surface area contributed by atoms with Gasteiger partial charge in [0.15, 0.2) is 5.82 Å². The van der Waals surface area contributed by atoms with Gasteiger partial charge in [-0.1, -0.05) is 31.5 Å². The number of rotatable bonds is 6. The van der Waals surface area contributed by atoms with Crippen LogP contribution < -0.4 is 5.69 Å². The Hall–Kier alpha value is -3.55. The summed E-state index contributed by atoms with van der Waals surface area (Å²) in [5, 5.41) is 26.9. The van der Waals surface area contributed by atoms with Crippen molar-refractivity contribution in [3.8, 4) is 28.6 Å². The Morgan fingerprint density at radius 3 is 2.57 bits per heavy atom. The molecule has 1 heterocycles. The van der Waals surface area contributed by atoms with E-state index in [1.807, 2.05) is 13.0 Å². The smallest absolute Gasteiger partial charge is 0.348 e. The number of hydrogen-bond acceptors (Lipinski definition) is 5. The summed E-state index contributed by atoms with van der Waals surface area (Å²) >= 11 is 0. The summed E-state index contributed by atoms with van der Waals surface area (Å²) in [6.07, 6.45) is 1.77. The molecule has 1 aromatic heterocycles. The molecular weight excluding hydrogens is 360 g/mol. The van der Waals surface area contributed by atoms with Gasteiger partial charge in [0.2, 0.25) is 0 Å². The molecule has 3 aromatic rings. The van der Waals surface area contributed by atoms with Gasteiger partial charge in [0.1, 0.15) is 11.5 Å². The van der Waals surface area contributed by atoms with Crippen molar-refractivity contribution in [2.45, 2.75) is 19.8 Å². The molecule has 3 N–H and O–H groups in total. The van der Waals surface area contributed by atoms with Crippen LogP contribution >= 0.6 is 0 Å². The van der Waals surface area contributed by atoms with Crippen LogP contribution in [-0.2, 0) is 0 Å². The number of phenols is 2. The van der Waals surface area contributed by atoms with E-state index in [4.69, 9.17) is 0 Å². The Morgan fingerprint density at radius 1 is 1.18 bits per heavy atom. The minimum absolute atomic E-state index is 0.0291. The number of para-hydroxylation sites is 1. The maximum absolute atomic E-state index is 12.7. The van der Waals surface area contributed by atoms with Gasteiger partial charge >= 0.3 is 5.69 Å². The molecule has 8 nitrogen and oxygen atoms in total. The van der Waals surface area contributed by atoms with Crippen molar-refractivity contribution in [2.24, 2.45) is 0 Å². The van der Waals surface area contributed by atoms with Gasteiger partial charge in [-0.25, -0.2) is 14.5 Å². The number of hydrogen-bond donors (Lipinski definition) is 3. The summed E-state index contributed by atoms with van der Waals surface area (Å²) < 4.78 is 1.29. The highest BCUT2D eigenvalue weighted by atomic mass is 16.3. The number of H-pyrrole nitrogens is 1. The number of benzene rings is 2. The second-order valence-corrected chi connectivity index (χ2v) is 6.49. The molecule has 1 amide bonds. The molecule has 0 aliphatic heterocycles. The zero-order chi connectivity index (χ0) is 20.3. The first-order chi connectivity index (χ1) is 13.4. The van der Waals surface area contributed by atoms with Crippen LogP contribution in [0.5, 0.6) is 11.5 Å². The lowest BCUT2D eigenvalue weighted by Crippen LogP contribution is -2.27. The molecule has 0 unspecified atom stereocenters. The highest BCUT2D eigenvalue weighted by molar-refractivity contribution is 5.98. The lowest BCUT2D eigenvalue weighted by molar-refractivity contribution is 0.0790. The summed E-state index contributed by atoms with van der Waals surface area (Å²) in [6, 6.07) is 11.2. The number of aromatic nitrogens is 3. The van der Waals surface area contributed by atoms with E-state index in [-0.39, 0.29) is 34.4 Å². The predicted octanol–water partition coefficient (Wildman–Crippen LogP) is 2.51. The number of unbranched alkanes of at least 4 members (excludes halogenated alkanes) is 1. The summed E-state index contributed by atoms with van der Waals surface area (Å²) in [5.74, 6) is -0.865. The van der Waals surface area contributed by atoms with Gasteiger partial charge in [-0.15, -0.1) is 0 Å². The zero-order valence-electron chi connectivity index (χ0n) is 15.7. The number of nitrogens with zero attached hydrogens (tertiary/aromatic N) is 3. The molecule has 146 valence electrons. The standard InChI is InChI=1S/C20H22N4O4/c1-3-4-10-23(2)19(27)15-11-14(16(25)12-17(15)26)18-21-22-20(28)24(18)13-8-6-5-7-9-13/h5-9,11-12,25-26H,3-4,10H2,1-2H3,(H,22,28). The lowest BCUT2D eigenvalue weighted by Gasteiger charge is -2.18. The molecule has 28 heavy (non-hydrogen) atoms. The molecule has 0 spiro atoms. The van der Waals surface area contributed by atoms with Crippen molar-refractivity contribution in [1.29, 1.82) is 0 Å². The molecule has 0 aliphatic carbocycles. The molecule has 3 rings (SSSR count). The first kappa shape index (κ1) is 19.2. The maximum atomic E-state index is 12.7. The Kier molecular flexibility index (Phi) is 5.49. The zero-order valence-corrected chi connectivity index (χ0v) is 15.7. The number of aromatic hydroxyl groups is 2. The van der Waals surface area contributed by atoms with Crippen molar-refractivity contribution >= 4 is 5.91 Å². The van der Waals surface area contributed by atoms with Crippen LogP contribution in [0.25, 0.3) is 17.1 Å². The number of carbonyl (C=O) groups is 1. The van der Waals surface area contributed by atoms with Crippen molar-refractivity contribution in [3.05, 3.63) is 58.5 Å². The number of amides is 1. The van der Waals surface area contributed by atoms with Crippen LogP contribution in [0.4, 0.5) is 0 Å². The maximum Gasteiger partial charge on any atom is 0.348 e. The third-order valence-corrected chi connectivity index (χ3v) is 4.47. The lowest BCUT2D eigenvalue weighted by atomic mass is 10.1. The summed E-state index contributed by atoms with van der Waals surface area (Å²) in [5.41, 5.74) is 0.256. The minimum atomic E-state index is -0.485. The fourth-order valence-corrected chi connectivity index (χ4v) is 2.92. The van der Waals surface area contributed by atoms with Crippen molar-refractivity contribution in [2.75, 3.05) is 13.6 Å². The molecule has 0 bridgehead atoms. The van der Waals surface area contributed by atoms with Crippen molar-refractivity contribution in [3.63, 3.8) is 0 Å². The van der Waals surface area contributed by atoms with E-state index in [0.717, 1.165) is 18.9 Å². The fourth-order valence-electron chi connectivity index (χ4n) is 2.92. The quantitative estimate of drug-likeness (QED) is 0.606. The largest absolute Gasteiger partial charge is 0.507 e. The monoisotopic (exact) mass is 382 g/mol. The number of nitrogens with one attached hydrogen (secondary N) is 1. The normalized spacial score (nSPS) is 10.8. The molecular formula is C20H22N4O4. The molecule has 8 heteroatoms. The first-order valence-electron chi connectivity index (χ1n) is 8.98. The van der Waals surface area contributed by atoms with E-state index in [2.05, 4.69) is 10.2 Å². The van der Waals surface area contributed by atoms with E-state index in [1.54, 1.807) is 31.3 Å². The Balaban J connectivity index is 2.10. The SMILES string of the molecule is CCCCN(C)C(=O)c1cc(-c2n[nH]c(=O)n2-c2ccccc2)c(O)cc1O. The van der Waals surface area contributed by atoms with Gasteiger partial charge in [-0.2, -0.15) is 5.10 Å². The van der Waals surface area contributed by atoms with E-state index in [0.29, 0.717) is 12.2 Å². The summed E-state index contributed by atoms with van der Waals surface area (Å²) in [7, 11) is 1.65. The molecule has 0 radical (unpaired) electrons. The van der Waals surface area contributed by atoms with Crippen LogP contribution in [-0.4, -0.2) is 49.4 Å². The van der Waals surface area contributed by atoms with Gasteiger partial charge in [-0.3, -0.25) is 4.79 Å². The second-order valence-electron chi connectivity index (χ2n) is 6.49. The van der Waals surface area contributed by atoms with Crippen LogP contribution in [0.1, 0.15) is 30.1 Å². The van der Waals surface area contributed by atoms with Gasteiger partial charge in [0, 0.05) is 19.7 Å². The molecule has 0 saturated heterocycles. The fraction of sp³-hybridized carbons (Fsp3) is 0.250. The Morgan fingerprint density at radius 2 is 1.89 bits per heavy atom. The van der Waals surface area contributed by atoms with Gasteiger partial charge in [0.05, 0.1) is 16.8 Å². The topological polar surface area (TPSA) is 111 Å². The van der Waals surface area contributed by atoms with Crippen LogP contribution in [0.2, 0.25) is 0 Å². The Bertz CT molecular complexity index is 1040. The van der Waals surface area contributed by atoms with Crippen LogP contribution in [0, 0.1) is 0 Å². The van der Waals surface area contributed by atoms with Crippen LogP contribution in [0.3, 0.4) is 0 Å². The third-order valence-electron chi connectivity index (χ3n) is 4.47. The van der Waals surface area contributed by atoms with Gasteiger partial charge < -0.3 is 15.1 Å². The average molecular weight is 382 g/mol. The minimum Gasteiger partial charge on any atom is -0.507 e. The van der Waals surface area contributed by atoms with E-state index < -0.39 is 5.69 Å². The second kappa shape index (κ2) is 7.99. The van der Waals surface area contributed by atoms with E-state index >= 15 is 0 Å². The van der Waals surface area contributed by atoms with Crippen molar-refractivity contribution in [1.82, 2.24) is 19.7 Å². The predicted molar refractivity (Wildman–Crippen MR) is 105 cm³/mol. The number of phenolic OH excluding ortho intramolecular Hbond substituents is 2. The van der Waals surface area contributed by atoms with Crippen LogP contribution in [0.15, 0.2) is 47.3 Å². The van der Waals surface area contributed by atoms with E-state index in [1.165, 1.54) is 15.5 Å². The first-order valence-corrected chi connectivity index (χ1v) is 8.98. The highest BCUT2D eigenvalue weighted by Gasteiger charge is 2.22. The average Bonchev–Trinajstić information content (AvgIpc) is 3.07. The molecule has 0 fully saturated rings. The summed E-state index contributed by atoms with van der Waals surface area (Å²) in [4.78, 5) is 26.5. The van der Waals surface area contributed by atoms with E-state index in [9.17, 15) is 19.8 Å². The highest BCUT2D eigenvalue weighted by Crippen LogP contribution is 2.34. The van der Waals surface area contributed by atoms with Crippen molar-refractivity contribution < 1.29 is 15.0 Å². The summed E-state index contributed by atoms with van der Waals surface area (Å²) in [6.45, 7) is 2.57.